The van der Waals surface area contributed by atoms with Gasteiger partial charge in [0, 0.05) is 0 Å². The smallest absolute Gasteiger partial charge is 0.0300 e. The van der Waals surface area contributed by atoms with Crippen molar-refractivity contribution in [2.45, 2.75) is 104 Å². The molecule has 0 aromatic carbocycles. The van der Waals surface area contributed by atoms with Crippen LogP contribution in [0.3, 0.4) is 0 Å². The lowest BCUT2D eigenvalue weighted by Gasteiger charge is -2.40. The maximum Gasteiger partial charge on any atom is -0.0300 e. The summed E-state index contributed by atoms with van der Waals surface area (Å²) in [4.78, 5) is 0. The van der Waals surface area contributed by atoms with E-state index in [1.165, 1.54) is 83.5 Å². The van der Waals surface area contributed by atoms with Crippen molar-refractivity contribution in [3.63, 3.8) is 0 Å². The van der Waals surface area contributed by atoms with Crippen molar-refractivity contribution < 1.29 is 0 Å². The summed E-state index contributed by atoms with van der Waals surface area (Å²) >= 11 is 0. The predicted molar refractivity (Wildman–Crippen MR) is 85.4 cm³/mol. The van der Waals surface area contributed by atoms with Crippen LogP contribution in [0.4, 0.5) is 0 Å². The van der Waals surface area contributed by atoms with Gasteiger partial charge in [0.1, 0.15) is 0 Å². The third-order valence-corrected chi connectivity index (χ3v) is 6.66. The van der Waals surface area contributed by atoms with Crippen molar-refractivity contribution in [2.24, 2.45) is 16.7 Å². The van der Waals surface area contributed by atoms with E-state index in [1.54, 1.807) is 0 Å². The van der Waals surface area contributed by atoms with Gasteiger partial charge in [0.05, 0.1) is 0 Å². The second kappa shape index (κ2) is 6.64. The Morgan fingerprint density at radius 2 is 1.32 bits per heavy atom. The largest absolute Gasteiger partial charge is 0.0620 e. The summed E-state index contributed by atoms with van der Waals surface area (Å²) in [5.41, 5.74) is 1.37. The summed E-state index contributed by atoms with van der Waals surface area (Å²) < 4.78 is 0. The van der Waals surface area contributed by atoms with Gasteiger partial charge in [-0.3, -0.25) is 0 Å². The zero-order valence-electron chi connectivity index (χ0n) is 13.8. The molecule has 0 heteroatoms. The second-order valence-corrected chi connectivity index (χ2v) is 8.38. The lowest BCUT2D eigenvalue weighted by Crippen LogP contribution is -2.28. The molecule has 2 fully saturated rings. The Morgan fingerprint density at radius 3 is 1.89 bits per heavy atom. The van der Waals surface area contributed by atoms with Crippen LogP contribution in [-0.4, -0.2) is 0 Å². The molecule has 0 bridgehead atoms. The first-order chi connectivity index (χ1) is 9.04. The van der Waals surface area contributed by atoms with E-state index in [1.807, 2.05) is 0 Å². The predicted octanol–water partition coefficient (Wildman–Crippen LogP) is 6.73. The van der Waals surface area contributed by atoms with Crippen molar-refractivity contribution in [3.8, 4) is 0 Å². The summed E-state index contributed by atoms with van der Waals surface area (Å²) in [6.45, 7) is 7.66. The minimum atomic E-state index is 0.672. The van der Waals surface area contributed by atoms with Gasteiger partial charge in [0.2, 0.25) is 0 Å². The van der Waals surface area contributed by atoms with Crippen LogP contribution in [0.5, 0.6) is 0 Å². The first-order valence-corrected chi connectivity index (χ1v) is 9.04. The fourth-order valence-electron chi connectivity index (χ4n) is 4.69. The average Bonchev–Trinajstić information content (AvgIpc) is 2.40. The van der Waals surface area contributed by atoms with Crippen LogP contribution in [0.25, 0.3) is 0 Å². The Labute approximate surface area is 121 Å². The third-order valence-electron chi connectivity index (χ3n) is 6.66. The van der Waals surface area contributed by atoms with Crippen LogP contribution in [0.15, 0.2) is 0 Å². The Kier molecular flexibility index (Phi) is 5.37. The van der Waals surface area contributed by atoms with Gasteiger partial charge in [-0.15, -0.1) is 0 Å². The van der Waals surface area contributed by atoms with E-state index in [9.17, 15) is 0 Å². The molecule has 0 amide bonds. The number of hydrogen-bond acceptors (Lipinski definition) is 0. The highest BCUT2D eigenvalue weighted by Crippen LogP contribution is 2.45. The molecule has 0 aliphatic heterocycles. The second-order valence-electron chi connectivity index (χ2n) is 8.38. The molecule has 0 N–H and O–H groups in total. The van der Waals surface area contributed by atoms with Gasteiger partial charge in [0.15, 0.2) is 0 Å². The van der Waals surface area contributed by atoms with Gasteiger partial charge in [0.25, 0.3) is 0 Å². The maximum atomic E-state index is 2.57. The highest BCUT2D eigenvalue weighted by molar-refractivity contribution is 4.84. The highest BCUT2D eigenvalue weighted by atomic mass is 14.4. The van der Waals surface area contributed by atoms with E-state index in [4.69, 9.17) is 0 Å². The molecule has 2 aliphatic rings. The maximum absolute atomic E-state index is 2.57. The van der Waals surface area contributed by atoms with Crippen LogP contribution in [0.1, 0.15) is 104 Å². The van der Waals surface area contributed by atoms with E-state index in [-0.39, 0.29) is 0 Å². The Morgan fingerprint density at radius 1 is 0.789 bits per heavy atom. The van der Waals surface area contributed by atoms with Crippen LogP contribution < -0.4 is 0 Å². The van der Waals surface area contributed by atoms with Gasteiger partial charge in [-0.2, -0.15) is 0 Å². The minimum Gasteiger partial charge on any atom is -0.0620 e. The summed E-state index contributed by atoms with van der Waals surface area (Å²) in [6, 6.07) is 0. The van der Waals surface area contributed by atoms with E-state index >= 15 is 0 Å². The van der Waals surface area contributed by atoms with Crippen LogP contribution >= 0.6 is 0 Å². The lowest BCUT2D eigenvalue weighted by atomic mass is 9.65. The Hall–Kier alpha value is 0. The molecule has 1 unspecified atom stereocenters. The van der Waals surface area contributed by atoms with Crippen molar-refractivity contribution >= 4 is 0 Å². The lowest BCUT2D eigenvalue weighted by molar-refractivity contribution is 0.113. The fraction of sp³-hybridized carbons (Fsp3) is 1.00. The normalized spacial score (nSPS) is 27.9. The molecular weight excluding hydrogens is 228 g/mol. The molecule has 19 heavy (non-hydrogen) atoms. The fourth-order valence-corrected chi connectivity index (χ4v) is 4.69. The summed E-state index contributed by atoms with van der Waals surface area (Å²) in [6.07, 6.45) is 19.4. The first-order valence-electron chi connectivity index (χ1n) is 9.04. The van der Waals surface area contributed by atoms with Crippen LogP contribution in [0, 0.1) is 16.7 Å². The van der Waals surface area contributed by atoms with Gasteiger partial charge >= 0.3 is 0 Å². The zero-order valence-corrected chi connectivity index (χ0v) is 13.8. The molecule has 0 aromatic heterocycles. The Balaban J connectivity index is 1.72. The average molecular weight is 264 g/mol. The summed E-state index contributed by atoms with van der Waals surface area (Å²) in [5.74, 6) is 0.944. The molecule has 2 saturated carbocycles. The first kappa shape index (κ1) is 15.4. The zero-order chi connectivity index (χ0) is 13.8. The molecule has 112 valence electrons. The highest BCUT2D eigenvalue weighted by Gasteiger charge is 2.33. The minimum absolute atomic E-state index is 0.672. The van der Waals surface area contributed by atoms with E-state index in [2.05, 4.69) is 20.8 Å². The summed E-state index contributed by atoms with van der Waals surface area (Å²) in [5, 5.41) is 0. The van der Waals surface area contributed by atoms with Crippen LogP contribution in [-0.2, 0) is 0 Å². The molecular formula is C19H36. The molecule has 0 spiro atoms. The van der Waals surface area contributed by atoms with Crippen molar-refractivity contribution in [2.75, 3.05) is 0 Å². The van der Waals surface area contributed by atoms with Gasteiger partial charge in [-0.05, 0) is 48.9 Å². The molecule has 0 heterocycles. The van der Waals surface area contributed by atoms with Gasteiger partial charge in [-0.1, -0.05) is 72.1 Å². The van der Waals surface area contributed by atoms with Crippen molar-refractivity contribution in [3.05, 3.63) is 0 Å². The van der Waals surface area contributed by atoms with Crippen molar-refractivity contribution in [1.82, 2.24) is 0 Å². The molecule has 0 radical (unpaired) electrons. The number of rotatable bonds is 5. The molecule has 0 aromatic rings. The Bertz CT molecular complexity index is 253. The van der Waals surface area contributed by atoms with E-state index < -0.39 is 0 Å². The van der Waals surface area contributed by atoms with E-state index in [0.717, 1.165) is 5.92 Å². The molecule has 1 atom stereocenters. The molecule has 0 nitrogen and oxygen atoms in total. The number of hydrogen-bond donors (Lipinski definition) is 0. The van der Waals surface area contributed by atoms with Crippen LogP contribution in [0.2, 0.25) is 0 Å². The summed E-state index contributed by atoms with van der Waals surface area (Å²) in [7, 11) is 0. The monoisotopic (exact) mass is 264 g/mol. The standard InChI is InChI=1S/C19H36/c1-17(19(3)15-8-5-9-16-19)11-10-14-18(2)12-6-4-7-13-18/h17H,4-16H2,1-3H3. The van der Waals surface area contributed by atoms with Gasteiger partial charge < -0.3 is 0 Å². The van der Waals surface area contributed by atoms with Gasteiger partial charge in [-0.25, -0.2) is 0 Å². The van der Waals surface area contributed by atoms with E-state index in [0.29, 0.717) is 10.8 Å². The van der Waals surface area contributed by atoms with Crippen molar-refractivity contribution in [1.29, 1.82) is 0 Å². The molecule has 0 saturated heterocycles. The third kappa shape index (κ3) is 4.23. The SMILES string of the molecule is CC(CCCC1(C)CCCCC1)C1(C)CCCCC1. The topological polar surface area (TPSA) is 0 Å². The molecule has 2 aliphatic carbocycles. The molecule has 2 rings (SSSR count). The quantitative estimate of drug-likeness (QED) is 0.516.